The maximum Gasteiger partial charge on any atom is 0.336 e. The number of thiophene rings is 1. The Hall–Kier alpha value is -2.39. The molecule has 1 aromatic heterocycles. The fourth-order valence-corrected chi connectivity index (χ4v) is 3.71. The van der Waals surface area contributed by atoms with Crippen LogP contribution in [0.25, 0.3) is 0 Å². The van der Waals surface area contributed by atoms with Gasteiger partial charge in [-0.2, -0.15) is 0 Å². The van der Waals surface area contributed by atoms with E-state index in [9.17, 15) is 18.0 Å². The predicted molar refractivity (Wildman–Crippen MR) is 77.0 cm³/mol. The third-order valence-corrected chi connectivity index (χ3v) is 5.31. The number of benzene rings is 1. The van der Waals surface area contributed by atoms with Gasteiger partial charge in [0.2, 0.25) is 5.91 Å². The Kier molecular flexibility index (Phi) is 3.96. The van der Waals surface area contributed by atoms with E-state index in [2.05, 4.69) is 4.72 Å². The van der Waals surface area contributed by atoms with Crippen molar-refractivity contribution in [2.24, 2.45) is 5.73 Å². The Balaban J connectivity index is 2.30. The minimum atomic E-state index is -3.92. The molecule has 0 aliphatic rings. The molecule has 0 bridgehead atoms. The summed E-state index contributed by atoms with van der Waals surface area (Å²) in [6.07, 6.45) is 0. The van der Waals surface area contributed by atoms with Gasteiger partial charge >= 0.3 is 5.97 Å². The molecule has 0 radical (unpaired) electrons. The summed E-state index contributed by atoms with van der Waals surface area (Å²) in [5, 5.41) is 10.0. The molecule has 2 aromatic rings. The summed E-state index contributed by atoms with van der Waals surface area (Å²) in [7, 11) is -3.92. The molecule has 2 rings (SSSR count). The quantitative estimate of drug-likeness (QED) is 0.764. The lowest BCUT2D eigenvalue weighted by Crippen LogP contribution is -2.14. The van der Waals surface area contributed by atoms with Gasteiger partial charge in [0.15, 0.2) is 0 Å². The molecule has 4 N–H and O–H groups in total. The third kappa shape index (κ3) is 3.38. The van der Waals surface area contributed by atoms with E-state index in [-0.39, 0.29) is 21.0 Å². The number of amides is 1. The number of carboxylic acids is 1. The third-order valence-electron chi connectivity index (χ3n) is 2.49. The van der Waals surface area contributed by atoms with Crippen LogP contribution in [0.1, 0.15) is 20.7 Å². The topological polar surface area (TPSA) is 127 Å². The van der Waals surface area contributed by atoms with Gasteiger partial charge in [-0.1, -0.05) is 6.07 Å². The smallest absolute Gasteiger partial charge is 0.336 e. The van der Waals surface area contributed by atoms with Gasteiger partial charge in [0, 0.05) is 16.6 Å². The van der Waals surface area contributed by atoms with Crippen LogP contribution in [-0.4, -0.2) is 25.4 Å². The van der Waals surface area contributed by atoms with Crippen LogP contribution in [0.3, 0.4) is 0 Å². The normalized spacial score (nSPS) is 11.0. The zero-order chi connectivity index (χ0) is 15.6. The van der Waals surface area contributed by atoms with Crippen LogP contribution in [-0.2, 0) is 10.0 Å². The molecule has 0 atom stereocenters. The molecule has 1 heterocycles. The summed E-state index contributed by atoms with van der Waals surface area (Å²) in [6, 6.07) is 6.75. The number of carbonyl (C=O) groups is 2. The molecule has 0 aliphatic carbocycles. The van der Waals surface area contributed by atoms with Crippen molar-refractivity contribution >= 4 is 38.9 Å². The molecular weight excluding hydrogens is 316 g/mol. The number of aromatic carboxylic acids is 1. The Bertz CT molecular complexity index is 811. The molecule has 9 heteroatoms. The van der Waals surface area contributed by atoms with Crippen LogP contribution in [0.15, 0.2) is 39.9 Å². The van der Waals surface area contributed by atoms with Crippen molar-refractivity contribution in [3.8, 4) is 0 Å². The van der Waals surface area contributed by atoms with Crippen LogP contribution in [0.4, 0.5) is 5.69 Å². The van der Waals surface area contributed by atoms with Crippen molar-refractivity contribution in [2.45, 2.75) is 4.21 Å². The Morgan fingerprint density at radius 3 is 2.48 bits per heavy atom. The predicted octanol–water partition coefficient (Wildman–Crippen LogP) is 1.35. The number of rotatable bonds is 5. The molecule has 0 spiro atoms. The second kappa shape index (κ2) is 5.54. The maximum absolute atomic E-state index is 12.1. The molecule has 7 nitrogen and oxygen atoms in total. The summed E-state index contributed by atoms with van der Waals surface area (Å²) in [5.41, 5.74) is 5.33. The van der Waals surface area contributed by atoms with E-state index in [4.69, 9.17) is 10.8 Å². The summed E-state index contributed by atoms with van der Waals surface area (Å²) in [4.78, 5) is 21.8. The Labute approximate surface area is 124 Å². The zero-order valence-electron chi connectivity index (χ0n) is 10.4. The van der Waals surface area contributed by atoms with E-state index < -0.39 is 21.9 Å². The monoisotopic (exact) mass is 326 g/mol. The lowest BCUT2D eigenvalue weighted by Gasteiger charge is -2.06. The molecule has 1 amide bonds. The van der Waals surface area contributed by atoms with Gasteiger partial charge < -0.3 is 10.8 Å². The Morgan fingerprint density at radius 1 is 1.19 bits per heavy atom. The first-order valence-corrected chi connectivity index (χ1v) is 7.90. The number of nitrogens with one attached hydrogen (secondary N) is 1. The Morgan fingerprint density at radius 2 is 1.90 bits per heavy atom. The van der Waals surface area contributed by atoms with E-state index >= 15 is 0 Å². The molecule has 0 unspecified atom stereocenters. The van der Waals surface area contributed by atoms with Crippen molar-refractivity contribution in [3.05, 3.63) is 46.8 Å². The summed E-state index contributed by atoms with van der Waals surface area (Å²) in [5.74, 6) is -1.89. The fraction of sp³-hybridized carbons (Fsp3) is 0. The first-order chi connectivity index (χ1) is 9.79. The van der Waals surface area contributed by atoms with E-state index in [0.717, 1.165) is 17.4 Å². The average Bonchev–Trinajstić information content (AvgIpc) is 2.89. The molecule has 0 aliphatic heterocycles. The van der Waals surface area contributed by atoms with Crippen molar-refractivity contribution < 1.29 is 23.1 Å². The highest BCUT2D eigenvalue weighted by molar-refractivity contribution is 7.94. The van der Waals surface area contributed by atoms with Gasteiger partial charge in [-0.3, -0.25) is 9.52 Å². The number of carboxylic acid groups (broad SMARTS) is 1. The zero-order valence-corrected chi connectivity index (χ0v) is 12.1. The first-order valence-electron chi connectivity index (χ1n) is 5.54. The number of sulfonamides is 1. The van der Waals surface area contributed by atoms with Crippen LogP contribution in [0.2, 0.25) is 0 Å². The number of primary amides is 1. The van der Waals surface area contributed by atoms with Crippen molar-refractivity contribution in [2.75, 3.05) is 4.72 Å². The highest BCUT2D eigenvalue weighted by Gasteiger charge is 2.19. The summed E-state index contributed by atoms with van der Waals surface area (Å²) >= 11 is 0.792. The van der Waals surface area contributed by atoms with Gasteiger partial charge in [-0.05, 0) is 24.3 Å². The first kappa shape index (κ1) is 15.0. The number of carbonyl (C=O) groups excluding carboxylic acids is 1. The molecule has 110 valence electrons. The van der Waals surface area contributed by atoms with Gasteiger partial charge in [0.1, 0.15) is 4.21 Å². The lowest BCUT2D eigenvalue weighted by atomic mass is 10.2. The van der Waals surface area contributed by atoms with Crippen LogP contribution in [0.5, 0.6) is 0 Å². The number of nitrogens with two attached hydrogens (primary N) is 1. The maximum atomic E-state index is 12.1. The molecular formula is C12H10N2O5S2. The lowest BCUT2D eigenvalue weighted by molar-refractivity contribution is 0.0697. The highest BCUT2D eigenvalue weighted by atomic mass is 32.2. The van der Waals surface area contributed by atoms with Crippen molar-refractivity contribution in [3.63, 3.8) is 0 Å². The van der Waals surface area contributed by atoms with Crippen LogP contribution in [0, 0.1) is 0 Å². The number of anilines is 1. The van der Waals surface area contributed by atoms with Crippen molar-refractivity contribution in [1.82, 2.24) is 0 Å². The minimum Gasteiger partial charge on any atom is -0.478 e. The van der Waals surface area contributed by atoms with Gasteiger partial charge in [-0.15, -0.1) is 11.3 Å². The molecule has 0 fully saturated rings. The van der Waals surface area contributed by atoms with Gasteiger partial charge in [0.05, 0.1) is 5.56 Å². The SMILES string of the molecule is NC(=O)c1cccc(NS(=O)(=O)c2cc(C(=O)O)cs2)c1. The number of hydrogen-bond donors (Lipinski definition) is 3. The van der Waals surface area contributed by atoms with Gasteiger partial charge in [0.25, 0.3) is 10.0 Å². The largest absolute Gasteiger partial charge is 0.478 e. The standard InChI is InChI=1S/C12H10N2O5S2/c13-11(15)7-2-1-3-9(4-7)14-21(18,19)10-5-8(6-20-10)12(16)17/h1-6,14H,(H2,13,15)(H,16,17). The minimum absolute atomic E-state index is 0.105. The fourth-order valence-electron chi connectivity index (χ4n) is 1.51. The molecule has 1 aromatic carbocycles. The second-order valence-corrected chi connectivity index (χ2v) is 6.83. The molecule has 21 heavy (non-hydrogen) atoms. The van der Waals surface area contributed by atoms with Crippen molar-refractivity contribution in [1.29, 1.82) is 0 Å². The highest BCUT2D eigenvalue weighted by Crippen LogP contribution is 2.23. The van der Waals surface area contributed by atoms with E-state index in [0.29, 0.717) is 0 Å². The second-order valence-electron chi connectivity index (χ2n) is 4.01. The number of hydrogen-bond acceptors (Lipinski definition) is 5. The van der Waals surface area contributed by atoms with Gasteiger partial charge in [-0.25, -0.2) is 13.2 Å². The van der Waals surface area contributed by atoms with Crippen LogP contribution >= 0.6 is 11.3 Å². The van der Waals surface area contributed by atoms with E-state index in [1.807, 2.05) is 0 Å². The molecule has 0 saturated heterocycles. The van der Waals surface area contributed by atoms with E-state index in [1.165, 1.54) is 29.6 Å². The molecule has 0 saturated carbocycles. The summed E-state index contributed by atoms with van der Waals surface area (Å²) < 4.78 is 26.3. The van der Waals surface area contributed by atoms with Crippen LogP contribution < -0.4 is 10.5 Å². The average molecular weight is 326 g/mol. The summed E-state index contributed by atoms with van der Waals surface area (Å²) in [6.45, 7) is 0. The van der Waals surface area contributed by atoms with E-state index in [1.54, 1.807) is 0 Å².